The van der Waals surface area contributed by atoms with Gasteiger partial charge in [0.15, 0.2) is 0 Å². The van der Waals surface area contributed by atoms with Crippen LogP contribution in [0.5, 0.6) is 0 Å². The molecule has 0 spiro atoms. The standard InChI is InChI=1S/C10H8F3N/c11-10(12,13)8-5-1-3-7-4-2-6-14-9(7)8/h1-3,5-6,14H,4H2. The lowest BCUT2D eigenvalue weighted by atomic mass is 10.0. The average Bonchev–Trinajstić information content (AvgIpc) is 2.15. The van der Waals surface area contributed by atoms with Crippen LogP contribution in [0.3, 0.4) is 0 Å². The van der Waals surface area contributed by atoms with E-state index in [0.717, 1.165) is 6.07 Å². The van der Waals surface area contributed by atoms with E-state index in [1.165, 1.54) is 12.3 Å². The Balaban J connectivity index is 2.54. The zero-order valence-electron chi connectivity index (χ0n) is 7.23. The van der Waals surface area contributed by atoms with Gasteiger partial charge in [0.05, 0.1) is 11.3 Å². The number of nitrogens with one attached hydrogen (secondary N) is 1. The second-order valence-electron chi connectivity index (χ2n) is 3.09. The van der Waals surface area contributed by atoms with E-state index in [4.69, 9.17) is 0 Å². The summed E-state index contributed by atoms with van der Waals surface area (Å²) in [5, 5.41) is 2.64. The van der Waals surface area contributed by atoms with Gasteiger partial charge in [0.1, 0.15) is 0 Å². The molecule has 1 nitrogen and oxygen atoms in total. The van der Waals surface area contributed by atoms with Crippen LogP contribution in [0.25, 0.3) is 0 Å². The summed E-state index contributed by atoms with van der Waals surface area (Å²) in [5.74, 6) is 0. The fraction of sp³-hybridized carbons (Fsp3) is 0.200. The second kappa shape index (κ2) is 3.04. The second-order valence-corrected chi connectivity index (χ2v) is 3.09. The molecule has 0 saturated carbocycles. The van der Waals surface area contributed by atoms with Crippen LogP contribution in [0.4, 0.5) is 18.9 Å². The van der Waals surface area contributed by atoms with Crippen LogP contribution in [0.15, 0.2) is 30.5 Å². The Morgan fingerprint density at radius 2 is 2.00 bits per heavy atom. The highest BCUT2D eigenvalue weighted by atomic mass is 19.4. The third-order valence-electron chi connectivity index (χ3n) is 2.14. The quantitative estimate of drug-likeness (QED) is 0.676. The van der Waals surface area contributed by atoms with E-state index in [1.807, 2.05) is 0 Å². The highest BCUT2D eigenvalue weighted by molar-refractivity contribution is 5.62. The summed E-state index contributed by atoms with van der Waals surface area (Å²) in [6.45, 7) is 0. The number of alkyl halides is 3. The average molecular weight is 199 g/mol. The highest BCUT2D eigenvalue weighted by Crippen LogP contribution is 2.37. The summed E-state index contributed by atoms with van der Waals surface area (Å²) in [5.41, 5.74) is 0.268. The summed E-state index contributed by atoms with van der Waals surface area (Å²) >= 11 is 0. The third kappa shape index (κ3) is 1.47. The lowest BCUT2D eigenvalue weighted by Crippen LogP contribution is -2.12. The van der Waals surface area contributed by atoms with Crippen LogP contribution in [0, 0.1) is 0 Å². The number of rotatable bonds is 0. The van der Waals surface area contributed by atoms with E-state index in [-0.39, 0.29) is 5.69 Å². The van der Waals surface area contributed by atoms with Gasteiger partial charge in [-0.2, -0.15) is 13.2 Å². The summed E-state index contributed by atoms with van der Waals surface area (Å²) in [4.78, 5) is 0. The Bertz CT molecular complexity index is 379. The number of para-hydroxylation sites is 1. The fourth-order valence-corrected chi connectivity index (χ4v) is 1.51. The third-order valence-corrected chi connectivity index (χ3v) is 2.14. The molecule has 0 aromatic heterocycles. The normalized spacial score (nSPS) is 14.8. The molecule has 0 saturated heterocycles. The summed E-state index contributed by atoms with van der Waals surface area (Å²) in [7, 11) is 0. The van der Waals surface area contributed by atoms with Gasteiger partial charge >= 0.3 is 6.18 Å². The molecule has 0 radical (unpaired) electrons. The molecule has 0 amide bonds. The number of anilines is 1. The van der Waals surface area contributed by atoms with Crippen LogP contribution >= 0.6 is 0 Å². The monoisotopic (exact) mass is 199 g/mol. The molecule has 14 heavy (non-hydrogen) atoms. The Kier molecular flexibility index (Phi) is 1.98. The topological polar surface area (TPSA) is 12.0 Å². The number of fused-ring (bicyclic) bond motifs is 1. The molecule has 1 heterocycles. The van der Waals surface area contributed by atoms with Crippen molar-refractivity contribution in [3.05, 3.63) is 41.6 Å². The van der Waals surface area contributed by atoms with Crippen LogP contribution < -0.4 is 5.32 Å². The van der Waals surface area contributed by atoms with Gasteiger partial charge in [-0.15, -0.1) is 0 Å². The number of hydrogen-bond acceptors (Lipinski definition) is 1. The highest BCUT2D eigenvalue weighted by Gasteiger charge is 2.34. The zero-order chi connectivity index (χ0) is 10.2. The molecule has 2 rings (SSSR count). The van der Waals surface area contributed by atoms with Crippen molar-refractivity contribution in [3.8, 4) is 0 Å². The Hall–Kier alpha value is -1.45. The fourth-order valence-electron chi connectivity index (χ4n) is 1.51. The first-order valence-electron chi connectivity index (χ1n) is 4.19. The molecule has 1 aromatic rings. The first kappa shape index (κ1) is 9.12. The van der Waals surface area contributed by atoms with Gasteiger partial charge in [-0.1, -0.05) is 18.2 Å². The van der Waals surface area contributed by atoms with Crippen LogP contribution in [-0.4, -0.2) is 0 Å². The van der Waals surface area contributed by atoms with Gasteiger partial charge in [0, 0.05) is 0 Å². The van der Waals surface area contributed by atoms with Crippen LogP contribution in [0.1, 0.15) is 11.1 Å². The molecule has 1 aliphatic heterocycles. The Morgan fingerprint density at radius 1 is 1.21 bits per heavy atom. The van der Waals surface area contributed by atoms with E-state index in [1.54, 1.807) is 12.1 Å². The Labute approximate surface area is 79.2 Å². The maximum Gasteiger partial charge on any atom is 0.418 e. The van der Waals surface area contributed by atoms with Gasteiger partial charge in [-0.3, -0.25) is 0 Å². The first-order chi connectivity index (χ1) is 6.59. The van der Waals surface area contributed by atoms with Crippen LogP contribution in [-0.2, 0) is 12.6 Å². The summed E-state index contributed by atoms with van der Waals surface area (Å²) < 4.78 is 37.5. The number of benzene rings is 1. The molecule has 0 aliphatic carbocycles. The molecule has 0 fully saturated rings. The zero-order valence-corrected chi connectivity index (χ0v) is 7.23. The minimum Gasteiger partial charge on any atom is -0.361 e. The maximum absolute atomic E-state index is 12.5. The molecule has 0 bridgehead atoms. The van der Waals surface area contributed by atoms with Crippen molar-refractivity contribution in [3.63, 3.8) is 0 Å². The van der Waals surface area contributed by atoms with Gasteiger partial charge in [-0.25, -0.2) is 0 Å². The molecule has 74 valence electrons. The first-order valence-corrected chi connectivity index (χ1v) is 4.19. The van der Waals surface area contributed by atoms with E-state index in [9.17, 15) is 13.2 Å². The number of halogens is 3. The van der Waals surface area contributed by atoms with Crippen LogP contribution in [0.2, 0.25) is 0 Å². The lowest BCUT2D eigenvalue weighted by molar-refractivity contribution is -0.137. The van der Waals surface area contributed by atoms with Gasteiger partial charge in [-0.05, 0) is 24.3 Å². The molecule has 0 atom stereocenters. The van der Waals surface area contributed by atoms with Crippen molar-refractivity contribution < 1.29 is 13.2 Å². The molecule has 0 unspecified atom stereocenters. The minimum absolute atomic E-state index is 0.183. The van der Waals surface area contributed by atoms with E-state index in [2.05, 4.69) is 5.32 Å². The van der Waals surface area contributed by atoms with Crippen molar-refractivity contribution in [2.75, 3.05) is 5.32 Å². The number of hydrogen-bond donors (Lipinski definition) is 1. The molecular weight excluding hydrogens is 191 g/mol. The van der Waals surface area contributed by atoms with Gasteiger partial charge < -0.3 is 5.32 Å². The summed E-state index contributed by atoms with van der Waals surface area (Å²) in [6.07, 6.45) is -0.407. The Morgan fingerprint density at radius 3 is 2.71 bits per heavy atom. The smallest absolute Gasteiger partial charge is 0.361 e. The van der Waals surface area contributed by atoms with Gasteiger partial charge in [0.2, 0.25) is 0 Å². The SMILES string of the molecule is FC(F)(F)c1cccc2c1NC=CC2. The predicted molar refractivity (Wildman–Crippen MR) is 47.9 cm³/mol. The molecule has 1 aromatic carbocycles. The van der Waals surface area contributed by atoms with Crippen molar-refractivity contribution in [1.82, 2.24) is 0 Å². The van der Waals surface area contributed by atoms with E-state index in [0.29, 0.717) is 12.0 Å². The number of allylic oxidation sites excluding steroid dienone is 1. The molecule has 1 N–H and O–H groups in total. The van der Waals surface area contributed by atoms with E-state index < -0.39 is 11.7 Å². The summed E-state index contributed by atoms with van der Waals surface area (Å²) in [6, 6.07) is 4.22. The van der Waals surface area contributed by atoms with Crippen molar-refractivity contribution in [1.29, 1.82) is 0 Å². The molecule has 4 heteroatoms. The maximum atomic E-state index is 12.5. The molecular formula is C10H8F3N. The van der Waals surface area contributed by atoms with E-state index >= 15 is 0 Å². The van der Waals surface area contributed by atoms with Crippen molar-refractivity contribution in [2.45, 2.75) is 12.6 Å². The predicted octanol–water partition coefficient (Wildman–Crippen LogP) is 3.19. The largest absolute Gasteiger partial charge is 0.418 e. The lowest BCUT2D eigenvalue weighted by Gasteiger charge is -2.18. The van der Waals surface area contributed by atoms with Crippen molar-refractivity contribution in [2.24, 2.45) is 0 Å². The van der Waals surface area contributed by atoms with Gasteiger partial charge in [0.25, 0.3) is 0 Å². The minimum atomic E-state index is -4.29. The molecule has 1 aliphatic rings. The van der Waals surface area contributed by atoms with Crippen molar-refractivity contribution >= 4 is 5.69 Å².